The second-order valence-electron chi connectivity index (χ2n) is 6.08. The third kappa shape index (κ3) is 4.63. The number of carbonyl (C=O) groups is 1. The number of methoxy groups -OCH3 is 2. The topological polar surface area (TPSA) is 80.6 Å². The van der Waals surface area contributed by atoms with E-state index in [4.69, 9.17) is 14.2 Å². The molecule has 0 saturated carbocycles. The smallest absolute Gasteiger partial charge is 0.266 e. The number of hydrogen-bond donors (Lipinski definition) is 1. The van der Waals surface area contributed by atoms with Crippen LogP contribution in [0.3, 0.4) is 0 Å². The lowest BCUT2D eigenvalue weighted by atomic mass is 10.1. The van der Waals surface area contributed by atoms with Gasteiger partial charge in [0.15, 0.2) is 11.5 Å². The van der Waals surface area contributed by atoms with Gasteiger partial charge in [-0.05, 0) is 55.7 Å². The Bertz CT molecular complexity index is 897. The number of anilines is 1. The Morgan fingerprint density at radius 3 is 2.18 bits per heavy atom. The summed E-state index contributed by atoms with van der Waals surface area (Å²) in [6, 6.07) is 11.1. The molecule has 0 saturated heterocycles. The van der Waals surface area contributed by atoms with Crippen LogP contribution in [0.15, 0.2) is 35.9 Å². The van der Waals surface area contributed by atoms with E-state index in [2.05, 4.69) is 5.32 Å². The van der Waals surface area contributed by atoms with Gasteiger partial charge in [-0.2, -0.15) is 5.26 Å². The highest BCUT2D eigenvalue weighted by atomic mass is 16.5. The standard InChI is InChI=1S/C22H24N2O4/c1-6-28-21-18(26-4)11-16(12-19(21)27-5)10-17(13-23)22(25)24-20-14(2)8-7-9-15(20)3/h7-12H,6H2,1-5H3,(H,24,25)/b17-10-. The van der Waals surface area contributed by atoms with Crippen molar-refractivity contribution >= 4 is 17.7 Å². The van der Waals surface area contributed by atoms with Gasteiger partial charge in [-0.3, -0.25) is 4.79 Å². The molecule has 6 nitrogen and oxygen atoms in total. The molecule has 0 aliphatic heterocycles. The van der Waals surface area contributed by atoms with Crippen molar-refractivity contribution < 1.29 is 19.0 Å². The summed E-state index contributed by atoms with van der Waals surface area (Å²) in [4.78, 5) is 12.6. The van der Waals surface area contributed by atoms with Crippen molar-refractivity contribution in [3.05, 3.63) is 52.6 Å². The number of amides is 1. The first-order valence-corrected chi connectivity index (χ1v) is 8.83. The highest BCUT2D eigenvalue weighted by molar-refractivity contribution is 6.10. The lowest BCUT2D eigenvalue weighted by Gasteiger charge is -2.14. The van der Waals surface area contributed by atoms with Crippen molar-refractivity contribution in [2.24, 2.45) is 0 Å². The van der Waals surface area contributed by atoms with Crippen molar-refractivity contribution in [3.63, 3.8) is 0 Å². The zero-order chi connectivity index (χ0) is 20.7. The van der Waals surface area contributed by atoms with E-state index in [9.17, 15) is 10.1 Å². The lowest BCUT2D eigenvalue weighted by Crippen LogP contribution is -2.15. The highest BCUT2D eigenvalue weighted by Crippen LogP contribution is 2.39. The van der Waals surface area contributed by atoms with Crippen molar-refractivity contribution in [1.82, 2.24) is 0 Å². The normalized spacial score (nSPS) is 10.8. The number of nitrogens with zero attached hydrogens (tertiary/aromatic N) is 1. The molecule has 0 bridgehead atoms. The molecule has 1 N–H and O–H groups in total. The van der Waals surface area contributed by atoms with E-state index < -0.39 is 5.91 Å². The van der Waals surface area contributed by atoms with E-state index in [1.165, 1.54) is 20.3 Å². The molecule has 0 unspecified atom stereocenters. The molecule has 0 fully saturated rings. The molecular weight excluding hydrogens is 356 g/mol. The third-order valence-electron chi connectivity index (χ3n) is 4.17. The number of nitriles is 1. The highest BCUT2D eigenvalue weighted by Gasteiger charge is 2.16. The van der Waals surface area contributed by atoms with Crippen molar-refractivity contribution in [1.29, 1.82) is 5.26 Å². The Morgan fingerprint density at radius 1 is 1.14 bits per heavy atom. The quantitative estimate of drug-likeness (QED) is 0.573. The van der Waals surface area contributed by atoms with Gasteiger partial charge in [-0.25, -0.2) is 0 Å². The number of carbonyl (C=O) groups excluding carboxylic acids is 1. The maximum atomic E-state index is 12.6. The van der Waals surface area contributed by atoms with E-state index in [0.29, 0.717) is 35.1 Å². The van der Waals surface area contributed by atoms with Gasteiger partial charge >= 0.3 is 0 Å². The van der Waals surface area contributed by atoms with Crippen molar-refractivity contribution in [2.45, 2.75) is 20.8 Å². The van der Waals surface area contributed by atoms with Gasteiger partial charge in [0, 0.05) is 5.69 Å². The molecule has 2 aromatic rings. The minimum atomic E-state index is -0.480. The minimum absolute atomic E-state index is 0.0316. The molecule has 28 heavy (non-hydrogen) atoms. The number of aryl methyl sites for hydroxylation is 2. The summed E-state index contributed by atoms with van der Waals surface area (Å²) in [6.07, 6.45) is 1.49. The fourth-order valence-electron chi connectivity index (χ4n) is 2.78. The molecular formula is C22H24N2O4. The average molecular weight is 380 g/mol. The van der Waals surface area contributed by atoms with Crippen LogP contribution < -0.4 is 19.5 Å². The van der Waals surface area contributed by atoms with Crippen LogP contribution in [0.1, 0.15) is 23.6 Å². The minimum Gasteiger partial charge on any atom is -0.493 e. The molecule has 2 aromatic carbocycles. The molecule has 146 valence electrons. The molecule has 2 rings (SSSR count). The summed E-state index contributed by atoms with van der Waals surface area (Å²) in [5.74, 6) is 0.912. The maximum absolute atomic E-state index is 12.6. The van der Waals surface area contributed by atoms with Crippen molar-refractivity contribution in [2.75, 3.05) is 26.1 Å². The monoisotopic (exact) mass is 380 g/mol. The summed E-state index contributed by atoms with van der Waals surface area (Å²) in [5.41, 5.74) is 3.11. The average Bonchev–Trinajstić information content (AvgIpc) is 2.69. The Balaban J connectivity index is 2.41. The van der Waals surface area contributed by atoms with Gasteiger partial charge in [0.25, 0.3) is 5.91 Å². The van der Waals surface area contributed by atoms with E-state index in [0.717, 1.165) is 11.1 Å². The molecule has 1 amide bonds. The van der Waals surface area contributed by atoms with E-state index in [1.54, 1.807) is 12.1 Å². The van der Waals surface area contributed by atoms with Crippen molar-refractivity contribution in [3.8, 4) is 23.3 Å². The number of rotatable bonds is 7. The van der Waals surface area contributed by atoms with E-state index in [-0.39, 0.29) is 5.57 Å². The number of benzene rings is 2. The molecule has 0 atom stereocenters. The van der Waals surface area contributed by atoms with Gasteiger partial charge in [0.05, 0.1) is 20.8 Å². The van der Waals surface area contributed by atoms with Crippen LogP contribution in [0, 0.1) is 25.2 Å². The third-order valence-corrected chi connectivity index (χ3v) is 4.17. The van der Waals surface area contributed by atoms with Gasteiger partial charge in [-0.15, -0.1) is 0 Å². The first-order chi connectivity index (χ1) is 13.4. The Hall–Kier alpha value is -3.46. The molecule has 0 spiro atoms. The van der Waals surface area contributed by atoms with Crippen LogP contribution in [0.4, 0.5) is 5.69 Å². The predicted molar refractivity (Wildman–Crippen MR) is 109 cm³/mol. The van der Waals surface area contributed by atoms with Gasteiger partial charge in [-0.1, -0.05) is 18.2 Å². The van der Waals surface area contributed by atoms with E-state index >= 15 is 0 Å². The maximum Gasteiger partial charge on any atom is 0.266 e. The second kappa shape index (κ2) is 9.47. The fraction of sp³-hybridized carbons (Fsp3) is 0.273. The Labute approximate surface area is 165 Å². The molecule has 0 aromatic heterocycles. The predicted octanol–water partition coefficient (Wildman–Crippen LogP) is 4.27. The zero-order valence-electron chi connectivity index (χ0n) is 16.8. The summed E-state index contributed by atoms with van der Waals surface area (Å²) >= 11 is 0. The van der Waals surface area contributed by atoms with Crippen LogP contribution in [0.25, 0.3) is 6.08 Å². The van der Waals surface area contributed by atoms with E-state index in [1.807, 2.05) is 45.0 Å². The van der Waals surface area contributed by atoms with Crippen LogP contribution in [0.5, 0.6) is 17.2 Å². The lowest BCUT2D eigenvalue weighted by molar-refractivity contribution is -0.112. The molecule has 0 aliphatic rings. The number of para-hydroxylation sites is 1. The van der Waals surface area contributed by atoms with Crippen LogP contribution in [0.2, 0.25) is 0 Å². The van der Waals surface area contributed by atoms with Crippen LogP contribution >= 0.6 is 0 Å². The molecule has 0 heterocycles. The summed E-state index contributed by atoms with van der Waals surface area (Å²) in [7, 11) is 3.04. The molecule has 0 radical (unpaired) electrons. The first-order valence-electron chi connectivity index (χ1n) is 8.83. The number of nitrogens with one attached hydrogen (secondary N) is 1. The van der Waals surface area contributed by atoms with Gasteiger partial charge in [0.1, 0.15) is 11.6 Å². The fourth-order valence-corrected chi connectivity index (χ4v) is 2.78. The number of ether oxygens (including phenoxy) is 3. The summed E-state index contributed by atoms with van der Waals surface area (Å²) in [5, 5.41) is 12.3. The Morgan fingerprint density at radius 2 is 1.71 bits per heavy atom. The number of hydrogen-bond acceptors (Lipinski definition) is 5. The largest absolute Gasteiger partial charge is 0.493 e. The van der Waals surface area contributed by atoms with Gasteiger partial charge < -0.3 is 19.5 Å². The summed E-state index contributed by atoms with van der Waals surface area (Å²) in [6.45, 7) is 6.11. The van der Waals surface area contributed by atoms with Gasteiger partial charge in [0.2, 0.25) is 5.75 Å². The Kier molecular flexibility index (Phi) is 7.05. The molecule has 6 heteroatoms. The molecule has 0 aliphatic carbocycles. The SMILES string of the molecule is CCOc1c(OC)cc(/C=C(/C#N)C(=O)Nc2c(C)cccc2C)cc1OC. The zero-order valence-corrected chi connectivity index (χ0v) is 16.8. The summed E-state index contributed by atoms with van der Waals surface area (Å²) < 4.78 is 16.3. The van der Waals surface area contributed by atoms with Crippen LogP contribution in [-0.2, 0) is 4.79 Å². The second-order valence-corrected chi connectivity index (χ2v) is 6.08. The first kappa shape index (κ1) is 20.8. The van der Waals surface area contributed by atoms with Crippen LogP contribution in [-0.4, -0.2) is 26.7 Å².